The van der Waals surface area contributed by atoms with E-state index >= 15 is 0 Å². The number of ether oxygens (including phenoxy) is 1. The highest BCUT2D eigenvalue weighted by atomic mass is 19.4. The smallest absolute Gasteiger partial charge is 0.408 e. The number of amidine groups is 1. The van der Waals surface area contributed by atoms with Crippen LogP contribution in [0.1, 0.15) is 11.1 Å². The summed E-state index contributed by atoms with van der Waals surface area (Å²) in [5.74, 6) is -0.441. The molecule has 0 radical (unpaired) electrons. The molecule has 1 aliphatic heterocycles. The Morgan fingerprint density at radius 2 is 2.12 bits per heavy atom. The van der Waals surface area contributed by atoms with Crippen molar-refractivity contribution in [1.82, 2.24) is 15.3 Å². The Hall–Kier alpha value is -2.75. The minimum Gasteiger partial charge on any atom is -0.495 e. The van der Waals surface area contributed by atoms with Crippen LogP contribution in [0.25, 0.3) is 0 Å². The third-order valence-electron chi connectivity index (χ3n) is 3.46. The Kier molecular flexibility index (Phi) is 3.84. The predicted molar refractivity (Wildman–Crippen MR) is 81.7 cm³/mol. The highest BCUT2D eigenvalue weighted by Gasteiger charge is 2.37. The number of H-pyrrole nitrogens is 1. The van der Waals surface area contributed by atoms with E-state index in [0.717, 1.165) is 0 Å². The number of hydrogen-bond acceptors (Lipinski definition) is 5. The second-order valence-electron chi connectivity index (χ2n) is 5.22. The van der Waals surface area contributed by atoms with Crippen LogP contribution in [0.5, 0.6) is 5.75 Å². The van der Waals surface area contributed by atoms with E-state index in [-0.39, 0.29) is 5.84 Å². The maximum Gasteiger partial charge on any atom is 0.408 e. The molecule has 10 heteroatoms. The molecule has 1 aliphatic rings. The molecule has 2 aromatic rings. The molecule has 0 saturated heterocycles. The average Bonchev–Trinajstić information content (AvgIpc) is 3.00. The monoisotopic (exact) mass is 340 g/mol. The quantitative estimate of drug-likeness (QED) is 0.679. The second-order valence-corrected chi connectivity index (χ2v) is 5.22. The van der Waals surface area contributed by atoms with Crippen LogP contribution >= 0.6 is 0 Å². The van der Waals surface area contributed by atoms with Crippen LogP contribution < -0.4 is 21.1 Å². The molecule has 128 valence electrons. The lowest BCUT2D eigenvalue weighted by molar-refractivity contribution is -0.118. The lowest BCUT2D eigenvalue weighted by Gasteiger charge is -2.37. The van der Waals surface area contributed by atoms with E-state index in [0.29, 0.717) is 22.7 Å². The minimum atomic E-state index is -4.41. The van der Waals surface area contributed by atoms with Gasteiger partial charge in [-0.15, -0.1) is 0 Å². The van der Waals surface area contributed by atoms with E-state index in [4.69, 9.17) is 10.5 Å². The van der Waals surface area contributed by atoms with Crippen molar-refractivity contribution in [3.8, 4) is 5.75 Å². The predicted octanol–water partition coefficient (Wildman–Crippen LogP) is 1.51. The molecule has 0 amide bonds. The van der Waals surface area contributed by atoms with Gasteiger partial charge in [-0.3, -0.25) is 15.7 Å². The van der Waals surface area contributed by atoms with Gasteiger partial charge in [0.15, 0.2) is 5.79 Å². The molecule has 2 aromatic heterocycles. The molecule has 24 heavy (non-hydrogen) atoms. The molecule has 0 aliphatic carbocycles. The van der Waals surface area contributed by atoms with Gasteiger partial charge in [0.2, 0.25) is 0 Å². The van der Waals surface area contributed by atoms with E-state index < -0.39 is 18.5 Å². The maximum absolute atomic E-state index is 12.5. The van der Waals surface area contributed by atoms with Gasteiger partial charge >= 0.3 is 6.18 Å². The molecule has 0 bridgehead atoms. The minimum absolute atomic E-state index is 0.0349. The highest BCUT2D eigenvalue weighted by molar-refractivity contribution is 6.05. The summed E-state index contributed by atoms with van der Waals surface area (Å²) in [6, 6.07) is 3.23. The molecule has 1 atom stereocenters. The summed E-state index contributed by atoms with van der Waals surface area (Å²) >= 11 is 0. The van der Waals surface area contributed by atoms with Crippen molar-refractivity contribution in [3.05, 3.63) is 41.9 Å². The summed E-state index contributed by atoms with van der Waals surface area (Å²) in [5, 5.41) is 5.82. The number of nitrogens with two attached hydrogens (primary N) is 1. The van der Waals surface area contributed by atoms with Gasteiger partial charge in [0, 0.05) is 18.0 Å². The average molecular weight is 340 g/mol. The van der Waals surface area contributed by atoms with Gasteiger partial charge in [-0.25, -0.2) is 0 Å². The lowest BCUT2D eigenvalue weighted by Crippen LogP contribution is -2.61. The van der Waals surface area contributed by atoms with E-state index in [1.54, 1.807) is 18.3 Å². The van der Waals surface area contributed by atoms with Crippen molar-refractivity contribution in [2.45, 2.75) is 12.0 Å². The van der Waals surface area contributed by atoms with Crippen LogP contribution in [0.15, 0.2) is 35.7 Å². The van der Waals surface area contributed by atoms with Gasteiger partial charge < -0.3 is 20.4 Å². The van der Waals surface area contributed by atoms with Gasteiger partial charge in [-0.05, 0) is 12.1 Å². The molecule has 1 unspecified atom stereocenters. The fourth-order valence-corrected chi connectivity index (χ4v) is 2.34. The van der Waals surface area contributed by atoms with E-state index in [2.05, 4.69) is 25.6 Å². The van der Waals surface area contributed by atoms with E-state index in [9.17, 15) is 13.2 Å². The molecular weight excluding hydrogens is 325 g/mol. The number of hydrogen-bond donors (Lipinski definition) is 4. The molecule has 3 rings (SSSR count). The Labute approximate surface area is 135 Å². The Morgan fingerprint density at radius 3 is 2.83 bits per heavy atom. The number of aliphatic imine (C=N–C) groups is 1. The summed E-state index contributed by atoms with van der Waals surface area (Å²) in [5.41, 5.74) is 7.25. The van der Waals surface area contributed by atoms with Crippen LogP contribution in [-0.4, -0.2) is 35.6 Å². The van der Waals surface area contributed by atoms with Gasteiger partial charge in [-0.2, -0.15) is 13.2 Å². The van der Waals surface area contributed by atoms with E-state index in [1.165, 1.54) is 19.5 Å². The largest absolute Gasteiger partial charge is 0.495 e. The first kappa shape index (κ1) is 16.1. The summed E-state index contributed by atoms with van der Waals surface area (Å²) < 4.78 is 42.6. The van der Waals surface area contributed by atoms with E-state index in [1.807, 2.05) is 0 Å². The third kappa shape index (κ3) is 3.13. The number of anilines is 1. The third-order valence-corrected chi connectivity index (χ3v) is 3.46. The summed E-state index contributed by atoms with van der Waals surface area (Å²) in [7, 11) is 1.48. The summed E-state index contributed by atoms with van der Waals surface area (Å²) in [6.45, 7) is -1.31. The number of aromatic amines is 1. The van der Waals surface area contributed by atoms with Gasteiger partial charge in [0.1, 0.15) is 23.9 Å². The Balaban J connectivity index is 1.99. The standard InChI is InChI=1S/C14H15F3N6O/c1-24-9-4-8(5-19-6-9)14(18)22-11-10(2-3-20-11)12(23-14)21-7-13(15,16)17/h2-6,20,22H,7,18H2,1H3,(H,21,23). The van der Waals surface area contributed by atoms with Crippen molar-refractivity contribution < 1.29 is 17.9 Å². The first-order valence-electron chi connectivity index (χ1n) is 6.94. The van der Waals surface area contributed by atoms with Crippen molar-refractivity contribution in [2.24, 2.45) is 10.7 Å². The second kappa shape index (κ2) is 5.71. The number of nitrogens with zero attached hydrogens (tertiary/aromatic N) is 2. The molecule has 0 aromatic carbocycles. The zero-order valence-corrected chi connectivity index (χ0v) is 12.6. The molecule has 3 heterocycles. The summed E-state index contributed by atoms with van der Waals surface area (Å²) in [6.07, 6.45) is 0.148. The Morgan fingerprint density at radius 1 is 1.33 bits per heavy atom. The SMILES string of the molecule is COc1cncc(C2(N)NC(=NCC(F)(F)F)c3cc[nH]c3N2)c1. The molecule has 0 spiro atoms. The van der Waals surface area contributed by atoms with Crippen molar-refractivity contribution in [1.29, 1.82) is 0 Å². The number of nitrogens with one attached hydrogen (secondary N) is 3. The van der Waals surface area contributed by atoms with Crippen LogP contribution in [0.4, 0.5) is 19.0 Å². The van der Waals surface area contributed by atoms with Gasteiger partial charge in [-0.1, -0.05) is 0 Å². The topological polar surface area (TPSA) is 100 Å². The Bertz CT molecular complexity index is 772. The molecule has 0 saturated carbocycles. The van der Waals surface area contributed by atoms with Crippen molar-refractivity contribution in [2.75, 3.05) is 19.0 Å². The zero-order chi connectivity index (χ0) is 17.4. The van der Waals surface area contributed by atoms with Gasteiger partial charge in [0.05, 0.1) is 18.9 Å². The number of methoxy groups -OCH3 is 1. The first-order chi connectivity index (χ1) is 11.3. The van der Waals surface area contributed by atoms with Crippen LogP contribution in [0, 0.1) is 0 Å². The molecule has 7 nitrogen and oxygen atoms in total. The number of fused-ring (bicyclic) bond motifs is 1. The molecule has 0 fully saturated rings. The number of halogens is 3. The van der Waals surface area contributed by atoms with Crippen molar-refractivity contribution >= 4 is 11.7 Å². The number of pyridine rings is 1. The van der Waals surface area contributed by atoms with Crippen LogP contribution in [-0.2, 0) is 5.79 Å². The zero-order valence-electron chi connectivity index (χ0n) is 12.6. The van der Waals surface area contributed by atoms with Gasteiger partial charge in [0.25, 0.3) is 0 Å². The van der Waals surface area contributed by atoms with Crippen molar-refractivity contribution in [3.63, 3.8) is 0 Å². The lowest BCUT2D eigenvalue weighted by atomic mass is 10.1. The number of rotatable bonds is 3. The fraction of sp³-hybridized carbons (Fsp3) is 0.286. The molecule has 5 N–H and O–H groups in total. The first-order valence-corrected chi connectivity index (χ1v) is 6.94. The number of aromatic nitrogens is 2. The summed E-state index contributed by atoms with van der Waals surface area (Å²) in [4.78, 5) is 10.5. The number of alkyl halides is 3. The normalized spacial score (nSPS) is 21.8. The fourth-order valence-electron chi connectivity index (χ4n) is 2.34. The molecular formula is C14H15F3N6O. The van der Waals surface area contributed by atoms with Crippen LogP contribution in [0.2, 0.25) is 0 Å². The highest BCUT2D eigenvalue weighted by Crippen LogP contribution is 2.28. The maximum atomic E-state index is 12.5. The van der Waals surface area contributed by atoms with Crippen LogP contribution in [0.3, 0.4) is 0 Å².